The summed E-state index contributed by atoms with van der Waals surface area (Å²) in [6.07, 6.45) is 3.96. The summed E-state index contributed by atoms with van der Waals surface area (Å²) >= 11 is 0. The topological polar surface area (TPSA) is 44.9 Å². The molecule has 4 nitrogen and oxygen atoms in total. The van der Waals surface area contributed by atoms with Crippen LogP contribution < -0.4 is 5.73 Å². The highest BCUT2D eigenvalue weighted by Crippen LogP contribution is 2.38. The number of benzene rings is 1. The van der Waals surface area contributed by atoms with Crippen molar-refractivity contribution >= 4 is 5.96 Å². The van der Waals surface area contributed by atoms with Gasteiger partial charge in [-0.25, -0.2) is 0 Å². The Morgan fingerprint density at radius 3 is 2.80 bits per heavy atom. The van der Waals surface area contributed by atoms with Crippen LogP contribution in [0.5, 0.6) is 0 Å². The molecule has 1 atom stereocenters. The van der Waals surface area contributed by atoms with Crippen molar-refractivity contribution in [3.63, 3.8) is 0 Å². The molecular formula is C16H22N4. The van der Waals surface area contributed by atoms with Gasteiger partial charge in [0.2, 0.25) is 0 Å². The van der Waals surface area contributed by atoms with E-state index in [1.54, 1.807) is 0 Å². The third-order valence-electron chi connectivity index (χ3n) is 4.99. The summed E-state index contributed by atoms with van der Waals surface area (Å²) in [6.45, 7) is 4.09. The third-order valence-corrected chi connectivity index (χ3v) is 4.99. The molecule has 2 heterocycles. The maximum absolute atomic E-state index is 6.18. The molecule has 4 heteroatoms. The van der Waals surface area contributed by atoms with Crippen molar-refractivity contribution in [1.29, 1.82) is 0 Å². The molecule has 1 aliphatic carbocycles. The predicted molar refractivity (Wildman–Crippen MR) is 80.4 cm³/mol. The van der Waals surface area contributed by atoms with Gasteiger partial charge in [0.15, 0.2) is 5.96 Å². The molecule has 0 amide bonds. The van der Waals surface area contributed by atoms with E-state index in [2.05, 4.69) is 45.1 Å². The Balaban J connectivity index is 1.54. The van der Waals surface area contributed by atoms with Crippen LogP contribution in [0.4, 0.5) is 0 Å². The van der Waals surface area contributed by atoms with Crippen molar-refractivity contribution < 1.29 is 0 Å². The maximum Gasteiger partial charge on any atom is 0.192 e. The lowest BCUT2D eigenvalue weighted by Gasteiger charge is -2.36. The maximum atomic E-state index is 6.18. The Kier molecular flexibility index (Phi) is 2.74. The van der Waals surface area contributed by atoms with Crippen LogP contribution in [0.1, 0.15) is 24.8 Å². The number of nitrogens with two attached hydrogens (primary N) is 1. The molecule has 4 rings (SSSR count). The third kappa shape index (κ3) is 1.99. The van der Waals surface area contributed by atoms with Gasteiger partial charge in [0, 0.05) is 25.7 Å². The number of guanidine groups is 1. The van der Waals surface area contributed by atoms with Crippen molar-refractivity contribution in [3.05, 3.63) is 35.9 Å². The van der Waals surface area contributed by atoms with Crippen molar-refractivity contribution in [2.45, 2.75) is 37.4 Å². The Hall–Kier alpha value is -1.55. The summed E-state index contributed by atoms with van der Waals surface area (Å²) in [5.41, 5.74) is 7.65. The molecule has 0 aromatic heterocycles. The first kappa shape index (κ1) is 12.2. The average Bonchev–Trinajstić information content (AvgIpc) is 3.18. The largest absolute Gasteiger partial charge is 0.370 e. The molecule has 20 heavy (non-hydrogen) atoms. The fraction of sp³-hybridized carbons (Fsp3) is 0.562. The highest BCUT2D eigenvalue weighted by Gasteiger charge is 2.49. The Labute approximate surface area is 120 Å². The second kappa shape index (κ2) is 4.48. The zero-order valence-electron chi connectivity index (χ0n) is 11.8. The lowest BCUT2D eigenvalue weighted by atomic mass is 9.97. The van der Waals surface area contributed by atoms with Crippen LogP contribution in [0.15, 0.2) is 35.3 Å². The monoisotopic (exact) mass is 270 g/mol. The second-order valence-corrected chi connectivity index (χ2v) is 6.42. The minimum absolute atomic E-state index is 0.155. The number of rotatable bonds is 3. The van der Waals surface area contributed by atoms with Gasteiger partial charge in [-0.05, 0) is 24.8 Å². The van der Waals surface area contributed by atoms with E-state index in [9.17, 15) is 0 Å². The average molecular weight is 270 g/mol. The lowest BCUT2D eigenvalue weighted by molar-refractivity contribution is 0.187. The molecule has 1 aromatic rings. The van der Waals surface area contributed by atoms with E-state index in [0.717, 1.165) is 31.6 Å². The van der Waals surface area contributed by atoms with Crippen LogP contribution in [0.25, 0.3) is 0 Å². The molecule has 2 N–H and O–H groups in total. The highest BCUT2D eigenvalue weighted by molar-refractivity contribution is 5.81. The number of hydrogen-bond acceptors (Lipinski definition) is 4. The first-order valence-corrected chi connectivity index (χ1v) is 7.62. The van der Waals surface area contributed by atoms with Crippen molar-refractivity contribution in [2.24, 2.45) is 10.7 Å². The summed E-state index contributed by atoms with van der Waals surface area (Å²) in [5.74, 6) is 0.728. The highest BCUT2D eigenvalue weighted by atomic mass is 15.4. The van der Waals surface area contributed by atoms with E-state index in [4.69, 9.17) is 5.73 Å². The minimum Gasteiger partial charge on any atom is -0.370 e. The molecule has 0 bridgehead atoms. The van der Waals surface area contributed by atoms with Crippen LogP contribution in [0.2, 0.25) is 0 Å². The number of likely N-dealkylation sites (tertiary alicyclic amines) is 1. The predicted octanol–water partition coefficient (Wildman–Crippen LogP) is 1.42. The van der Waals surface area contributed by atoms with E-state index < -0.39 is 0 Å². The second-order valence-electron chi connectivity index (χ2n) is 6.42. The van der Waals surface area contributed by atoms with Crippen LogP contribution in [-0.2, 0) is 6.54 Å². The van der Waals surface area contributed by atoms with Gasteiger partial charge in [-0.3, -0.25) is 9.89 Å². The number of hydrogen-bond donors (Lipinski definition) is 1. The zero-order chi connectivity index (χ0) is 13.6. The van der Waals surface area contributed by atoms with Crippen LogP contribution in [0.3, 0.4) is 0 Å². The van der Waals surface area contributed by atoms with E-state index in [1.807, 2.05) is 0 Å². The first-order valence-electron chi connectivity index (χ1n) is 7.62. The molecule has 1 saturated carbocycles. The van der Waals surface area contributed by atoms with E-state index >= 15 is 0 Å². The lowest BCUT2D eigenvalue weighted by Crippen LogP contribution is -2.52. The van der Waals surface area contributed by atoms with Gasteiger partial charge < -0.3 is 10.6 Å². The van der Waals surface area contributed by atoms with Crippen molar-refractivity contribution in [2.75, 3.05) is 19.6 Å². The molecule has 1 aromatic carbocycles. The van der Waals surface area contributed by atoms with Gasteiger partial charge >= 0.3 is 0 Å². The Bertz CT molecular complexity index is 523. The van der Waals surface area contributed by atoms with Crippen LogP contribution in [0, 0.1) is 0 Å². The quantitative estimate of drug-likeness (QED) is 0.903. The minimum atomic E-state index is 0.155. The standard InChI is InChI=1S/C16H22N4/c17-15-18-11-16(8-9-19(12-16)14-6-7-14)20(15)10-13-4-2-1-3-5-13/h1-5,14H,6-12H2,(H2,17,18). The fourth-order valence-electron chi connectivity index (χ4n) is 3.65. The molecular weight excluding hydrogens is 248 g/mol. The molecule has 2 fully saturated rings. The molecule has 1 saturated heterocycles. The number of nitrogens with zero attached hydrogens (tertiary/aromatic N) is 3. The van der Waals surface area contributed by atoms with E-state index in [0.29, 0.717) is 0 Å². The summed E-state index contributed by atoms with van der Waals surface area (Å²) in [7, 11) is 0. The zero-order valence-corrected chi connectivity index (χ0v) is 11.8. The smallest absolute Gasteiger partial charge is 0.192 e. The summed E-state index contributed by atoms with van der Waals surface area (Å²) < 4.78 is 0. The molecule has 1 spiro atoms. The summed E-state index contributed by atoms with van der Waals surface area (Å²) in [6, 6.07) is 11.4. The van der Waals surface area contributed by atoms with Gasteiger partial charge in [-0.15, -0.1) is 0 Å². The summed E-state index contributed by atoms with van der Waals surface area (Å²) in [4.78, 5) is 9.55. The molecule has 1 unspecified atom stereocenters. The molecule has 0 radical (unpaired) electrons. The van der Waals surface area contributed by atoms with Gasteiger partial charge in [-0.2, -0.15) is 0 Å². The van der Waals surface area contributed by atoms with E-state index in [1.165, 1.54) is 31.4 Å². The van der Waals surface area contributed by atoms with Crippen LogP contribution in [-0.4, -0.2) is 47.0 Å². The summed E-state index contributed by atoms with van der Waals surface area (Å²) in [5, 5.41) is 0. The number of aliphatic imine (C=N–C) groups is 1. The van der Waals surface area contributed by atoms with Crippen molar-refractivity contribution in [3.8, 4) is 0 Å². The van der Waals surface area contributed by atoms with Crippen LogP contribution >= 0.6 is 0 Å². The first-order chi connectivity index (χ1) is 9.77. The van der Waals surface area contributed by atoms with Gasteiger partial charge in [0.25, 0.3) is 0 Å². The fourth-order valence-corrected chi connectivity index (χ4v) is 3.65. The van der Waals surface area contributed by atoms with Crippen molar-refractivity contribution in [1.82, 2.24) is 9.80 Å². The molecule has 2 aliphatic heterocycles. The van der Waals surface area contributed by atoms with Gasteiger partial charge in [0.1, 0.15) is 0 Å². The normalized spacial score (nSPS) is 30.2. The SMILES string of the molecule is NC1=NCC2(CCN(C3CC3)C2)N1Cc1ccccc1. The van der Waals surface area contributed by atoms with E-state index in [-0.39, 0.29) is 5.54 Å². The Morgan fingerprint density at radius 2 is 2.05 bits per heavy atom. The molecule has 106 valence electrons. The molecule has 3 aliphatic rings. The van der Waals surface area contributed by atoms with Gasteiger partial charge in [0.05, 0.1) is 12.1 Å². The Morgan fingerprint density at radius 1 is 1.25 bits per heavy atom. The van der Waals surface area contributed by atoms with Gasteiger partial charge in [-0.1, -0.05) is 30.3 Å².